The number of aryl methyl sites for hydroxylation is 1. The summed E-state index contributed by atoms with van der Waals surface area (Å²) in [5, 5.41) is 8.89. The summed E-state index contributed by atoms with van der Waals surface area (Å²) in [6.07, 6.45) is 4.50. The molecule has 0 saturated heterocycles. The summed E-state index contributed by atoms with van der Waals surface area (Å²) >= 11 is 0. The SMILES string of the molecule is CCCCc1ccc2c(c1)Cc1cc(-c3ccc(C#N)c(F)c3)ccc1-2. The standard InChI is InChI=1S/C24H20FN/c1-2-3-4-16-5-9-22-20(11-16)13-21-12-17(8-10-23(21)22)18-6-7-19(15-26)24(25)14-18/h5-12,14H,2-4,13H2,1H3. The Bertz CT molecular complexity index is 1030. The van der Waals surface area contributed by atoms with Crippen LogP contribution in [0.1, 0.15) is 42.0 Å². The van der Waals surface area contributed by atoms with Crippen LogP contribution in [0, 0.1) is 17.1 Å². The maximum Gasteiger partial charge on any atom is 0.141 e. The van der Waals surface area contributed by atoms with Crippen molar-refractivity contribution in [1.82, 2.24) is 0 Å². The summed E-state index contributed by atoms with van der Waals surface area (Å²) < 4.78 is 13.9. The summed E-state index contributed by atoms with van der Waals surface area (Å²) in [6, 6.07) is 19.8. The van der Waals surface area contributed by atoms with Crippen LogP contribution < -0.4 is 0 Å². The van der Waals surface area contributed by atoms with Gasteiger partial charge < -0.3 is 0 Å². The lowest BCUT2D eigenvalue weighted by molar-refractivity contribution is 0.624. The minimum absolute atomic E-state index is 0.0851. The molecule has 0 aromatic heterocycles. The zero-order valence-electron chi connectivity index (χ0n) is 14.8. The van der Waals surface area contributed by atoms with E-state index < -0.39 is 5.82 Å². The van der Waals surface area contributed by atoms with E-state index in [0.717, 1.165) is 24.0 Å². The molecule has 0 unspecified atom stereocenters. The third kappa shape index (κ3) is 2.91. The van der Waals surface area contributed by atoms with Crippen LogP contribution in [0.3, 0.4) is 0 Å². The van der Waals surface area contributed by atoms with Gasteiger partial charge in [0, 0.05) is 0 Å². The normalized spacial score (nSPS) is 11.7. The second-order valence-electron chi connectivity index (χ2n) is 6.95. The van der Waals surface area contributed by atoms with Crippen molar-refractivity contribution in [2.45, 2.75) is 32.6 Å². The molecule has 3 aromatic rings. The van der Waals surface area contributed by atoms with Crippen molar-refractivity contribution in [3.05, 3.63) is 82.7 Å². The van der Waals surface area contributed by atoms with E-state index in [9.17, 15) is 4.39 Å². The zero-order valence-corrected chi connectivity index (χ0v) is 14.8. The monoisotopic (exact) mass is 341 g/mol. The molecule has 128 valence electrons. The first-order valence-electron chi connectivity index (χ1n) is 9.14. The Labute approximate surface area is 153 Å². The van der Waals surface area contributed by atoms with E-state index in [1.807, 2.05) is 18.2 Å². The topological polar surface area (TPSA) is 23.8 Å². The molecule has 26 heavy (non-hydrogen) atoms. The van der Waals surface area contributed by atoms with Crippen molar-refractivity contribution >= 4 is 0 Å². The zero-order chi connectivity index (χ0) is 18.1. The molecule has 0 amide bonds. The smallest absolute Gasteiger partial charge is 0.141 e. The summed E-state index contributed by atoms with van der Waals surface area (Å²) in [5.74, 6) is -0.464. The van der Waals surface area contributed by atoms with Gasteiger partial charge in [-0.25, -0.2) is 4.39 Å². The van der Waals surface area contributed by atoms with Crippen molar-refractivity contribution in [1.29, 1.82) is 5.26 Å². The molecule has 0 heterocycles. The molecule has 1 aliphatic carbocycles. The van der Waals surface area contributed by atoms with E-state index in [1.54, 1.807) is 6.07 Å². The minimum atomic E-state index is -0.464. The molecular formula is C24H20FN. The average Bonchev–Trinajstić information content (AvgIpc) is 3.03. The summed E-state index contributed by atoms with van der Waals surface area (Å²) in [4.78, 5) is 0. The molecule has 0 saturated carbocycles. The number of unbranched alkanes of at least 4 members (excludes halogenated alkanes) is 1. The lowest BCUT2D eigenvalue weighted by Crippen LogP contribution is -1.88. The Morgan fingerprint density at radius 1 is 0.923 bits per heavy atom. The number of rotatable bonds is 4. The highest BCUT2D eigenvalue weighted by Crippen LogP contribution is 2.39. The maximum absolute atomic E-state index is 13.9. The van der Waals surface area contributed by atoms with Gasteiger partial charge in [0.05, 0.1) is 5.56 Å². The molecule has 0 radical (unpaired) electrons. The quantitative estimate of drug-likeness (QED) is 0.428. The molecule has 0 fully saturated rings. The summed E-state index contributed by atoms with van der Waals surface area (Å²) in [5.41, 5.74) is 8.56. The second kappa shape index (κ2) is 6.77. The Hall–Kier alpha value is -2.92. The number of nitriles is 1. The highest BCUT2D eigenvalue weighted by atomic mass is 19.1. The third-order valence-corrected chi connectivity index (χ3v) is 5.19. The van der Waals surface area contributed by atoms with Gasteiger partial charge in [0.1, 0.15) is 11.9 Å². The fraction of sp³-hybridized carbons (Fsp3) is 0.208. The van der Waals surface area contributed by atoms with E-state index in [4.69, 9.17) is 5.26 Å². The number of nitrogens with zero attached hydrogens (tertiary/aromatic N) is 1. The number of hydrogen-bond acceptors (Lipinski definition) is 1. The Kier molecular flexibility index (Phi) is 4.31. The molecule has 3 aromatic carbocycles. The van der Waals surface area contributed by atoms with Crippen molar-refractivity contribution in [2.75, 3.05) is 0 Å². The highest BCUT2D eigenvalue weighted by Gasteiger charge is 2.19. The fourth-order valence-corrected chi connectivity index (χ4v) is 3.77. The molecule has 2 heteroatoms. The van der Waals surface area contributed by atoms with Gasteiger partial charge in [-0.05, 0) is 70.3 Å². The maximum atomic E-state index is 13.9. The largest absolute Gasteiger partial charge is 0.206 e. The predicted octanol–water partition coefficient (Wildman–Crippen LogP) is 6.28. The molecule has 0 spiro atoms. The summed E-state index contributed by atoms with van der Waals surface area (Å²) in [6.45, 7) is 2.22. The first-order valence-corrected chi connectivity index (χ1v) is 9.14. The molecule has 1 nitrogen and oxygen atoms in total. The first-order chi connectivity index (χ1) is 12.7. The van der Waals surface area contributed by atoms with Crippen LogP contribution in [0.25, 0.3) is 22.3 Å². The lowest BCUT2D eigenvalue weighted by Gasteiger charge is -2.07. The van der Waals surface area contributed by atoms with Crippen molar-refractivity contribution in [3.63, 3.8) is 0 Å². The van der Waals surface area contributed by atoms with E-state index in [2.05, 4.69) is 37.3 Å². The van der Waals surface area contributed by atoms with Gasteiger partial charge in [0.15, 0.2) is 0 Å². The van der Waals surface area contributed by atoms with Gasteiger partial charge in [-0.15, -0.1) is 0 Å². The van der Waals surface area contributed by atoms with Gasteiger partial charge in [-0.1, -0.05) is 55.8 Å². The Balaban J connectivity index is 1.67. The van der Waals surface area contributed by atoms with Crippen LogP contribution >= 0.6 is 0 Å². The molecule has 0 aliphatic heterocycles. The van der Waals surface area contributed by atoms with Crippen LogP contribution in [-0.2, 0) is 12.8 Å². The van der Waals surface area contributed by atoms with Crippen LogP contribution in [-0.4, -0.2) is 0 Å². The predicted molar refractivity (Wildman–Crippen MR) is 103 cm³/mol. The van der Waals surface area contributed by atoms with Crippen molar-refractivity contribution < 1.29 is 4.39 Å². The number of hydrogen-bond donors (Lipinski definition) is 0. The lowest BCUT2D eigenvalue weighted by atomic mass is 9.98. The van der Waals surface area contributed by atoms with Crippen LogP contribution in [0.5, 0.6) is 0 Å². The average molecular weight is 341 g/mol. The number of fused-ring (bicyclic) bond motifs is 3. The minimum Gasteiger partial charge on any atom is -0.206 e. The van der Waals surface area contributed by atoms with Gasteiger partial charge in [-0.3, -0.25) is 0 Å². The molecular weight excluding hydrogens is 321 g/mol. The highest BCUT2D eigenvalue weighted by molar-refractivity contribution is 5.80. The van der Waals surface area contributed by atoms with E-state index in [-0.39, 0.29) is 5.56 Å². The summed E-state index contributed by atoms with van der Waals surface area (Å²) in [7, 11) is 0. The second-order valence-corrected chi connectivity index (χ2v) is 6.95. The number of benzene rings is 3. The van der Waals surface area contributed by atoms with Crippen molar-refractivity contribution in [3.8, 4) is 28.3 Å². The van der Waals surface area contributed by atoms with Gasteiger partial charge >= 0.3 is 0 Å². The molecule has 1 aliphatic rings. The number of halogens is 1. The van der Waals surface area contributed by atoms with Crippen molar-refractivity contribution in [2.24, 2.45) is 0 Å². The van der Waals surface area contributed by atoms with Gasteiger partial charge in [0.25, 0.3) is 0 Å². The van der Waals surface area contributed by atoms with Crippen LogP contribution in [0.4, 0.5) is 4.39 Å². The van der Waals surface area contributed by atoms with E-state index in [1.165, 1.54) is 46.7 Å². The van der Waals surface area contributed by atoms with E-state index in [0.29, 0.717) is 0 Å². The molecule has 0 bridgehead atoms. The van der Waals surface area contributed by atoms with Gasteiger partial charge in [-0.2, -0.15) is 5.26 Å². The Morgan fingerprint density at radius 3 is 2.35 bits per heavy atom. The van der Waals surface area contributed by atoms with Gasteiger partial charge in [0.2, 0.25) is 0 Å². The molecule has 0 N–H and O–H groups in total. The Morgan fingerprint density at radius 2 is 1.62 bits per heavy atom. The fourth-order valence-electron chi connectivity index (χ4n) is 3.77. The van der Waals surface area contributed by atoms with Crippen LogP contribution in [0.2, 0.25) is 0 Å². The molecule has 0 atom stereocenters. The third-order valence-electron chi connectivity index (χ3n) is 5.19. The first kappa shape index (κ1) is 16.5. The van der Waals surface area contributed by atoms with E-state index >= 15 is 0 Å². The molecule has 4 rings (SSSR count). The van der Waals surface area contributed by atoms with Crippen LogP contribution in [0.15, 0.2) is 54.6 Å².